The van der Waals surface area contributed by atoms with Gasteiger partial charge >= 0.3 is 0 Å². The largest absolute Gasteiger partial charge is 0.496 e. The first-order valence-corrected chi connectivity index (χ1v) is 8.25. The van der Waals surface area contributed by atoms with Crippen molar-refractivity contribution >= 4 is 22.4 Å². The zero-order valence-corrected chi connectivity index (χ0v) is 14.2. The van der Waals surface area contributed by atoms with Crippen LogP contribution in [0, 0.1) is 0 Å². The summed E-state index contributed by atoms with van der Waals surface area (Å²) in [7, 11) is 1.55. The lowest BCUT2D eigenvalue weighted by molar-refractivity contribution is 0.0985. The molecule has 0 atom stereocenters. The van der Waals surface area contributed by atoms with E-state index >= 15 is 0 Å². The molecule has 0 radical (unpaired) electrons. The zero-order valence-electron chi connectivity index (χ0n) is 13.3. The number of ether oxygens (including phenoxy) is 1. The molecule has 0 aliphatic heterocycles. The first-order chi connectivity index (χ1) is 11.7. The van der Waals surface area contributed by atoms with Crippen molar-refractivity contribution in [3.8, 4) is 16.3 Å². The molecule has 0 spiro atoms. The van der Waals surface area contributed by atoms with E-state index in [1.54, 1.807) is 36.5 Å². The van der Waals surface area contributed by atoms with Gasteiger partial charge in [-0.2, -0.15) is 0 Å². The molecule has 0 saturated carbocycles. The van der Waals surface area contributed by atoms with E-state index in [1.807, 2.05) is 31.2 Å². The summed E-state index contributed by atoms with van der Waals surface area (Å²) in [5, 5.41) is 9.62. The maximum atomic E-state index is 12.9. The standard InChI is InChI=1S/C17H16N4O2S/c1-3-21(16(22)13-8-4-5-9-14(13)23-2)17-20-19-15(24-17)12-7-6-10-18-11-12/h4-11H,3H2,1-2H3. The van der Waals surface area contributed by atoms with Crippen molar-refractivity contribution in [1.29, 1.82) is 0 Å². The minimum atomic E-state index is -0.163. The van der Waals surface area contributed by atoms with Gasteiger partial charge in [0.05, 0.1) is 12.7 Å². The summed E-state index contributed by atoms with van der Waals surface area (Å²) in [6.07, 6.45) is 3.43. The Balaban J connectivity index is 1.92. The molecule has 0 aliphatic rings. The molecule has 0 unspecified atom stereocenters. The van der Waals surface area contributed by atoms with Gasteiger partial charge in [-0.05, 0) is 31.2 Å². The Labute approximate surface area is 143 Å². The van der Waals surface area contributed by atoms with Crippen LogP contribution in [-0.4, -0.2) is 34.7 Å². The lowest BCUT2D eigenvalue weighted by Crippen LogP contribution is -2.30. The second-order valence-electron chi connectivity index (χ2n) is 4.88. The molecule has 0 N–H and O–H groups in total. The topological polar surface area (TPSA) is 68.2 Å². The average Bonchev–Trinajstić information content (AvgIpc) is 3.12. The van der Waals surface area contributed by atoms with Gasteiger partial charge in [0, 0.05) is 24.5 Å². The molecular formula is C17H16N4O2S. The van der Waals surface area contributed by atoms with Gasteiger partial charge in [-0.15, -0.1) is 10.2 Å². The summed E-state index contributed by atoms with van der Waals surface area (Å²) in [5.41, 5.74) is 1.38. The van der Waals surface area contributed by atoms with E-state index in [0.717, 1.165) is 10.6 Å². The number of amides is 1. The molecule has 6 nitrogen and oxygen atoms in total. The quantitative estimate of drug-likeness (QED) is 0.713. The van der Waals surface area contributed by atoms with Crippen molar-refractivity contribution < 1.29 is 9.53 Å². The highest BCUT2D eigenvalue weighted by atomic mass is 32.1. The van der Waals surface area contributed by atoms with Crippen LogP contribution >= 0.6 is 11.3 Å². The van der Waals surface area contributed by atoms with Crippen LogP contribution in [0.5, 0.6) is 5.75 Å². The third-order valence-electron chi connectivity index (χ3n) is 3.45. The fourth-order valence-electron chi connectivity index (χ4n) is 2.26. The first-order valence-electron chi connectivity index (χ1n) is 7.43. The third-order valence-corrected chi connectivity index (χ3v) is 4.45. The molecule has 3 rings (SSSR count). The number of benzene rings is 1. The van der Waals surface area contributed by atoms with Crippen LogP contribution in [-0.2, 0) is 0 Å². The SMILES string of the molecule is CCN(C(=O)c1ccccc1OC)c1nnc(-c2cccnc2)s1. The van der Waals surface area contributed by atoms with Gasteiger partial charge in [0.15, 0.2) is 5.01 Å². The molecule has 122 valence electrons. The van der Waals surface area contributed by atoms with Crippen molar-refractivity contribution in [3.05, 3.63) is 54.4 Å². The van der Waals surface area contributed by atoms with Crippen molar-refractivity contribution in [2.24, 2.45) is 0 Å². The summed E-state index contributed by atoms with van der Waals surface area (Å²) in [5.74, 6) is 0.377. The van der Waals surface area contributed by atoms with Crippen LogP contribution in [0.15, 0.2) is 48.8 Å². The number of carbonyl (C=O) groups is 1. The first kappa shape index (κ1) is 16.1. The maximum Gasteiger partial charge on any atom is 0.263 e. The number of para-hydroxylation sites is 1. The molecule has 7 heteroatoms. The fourth-order valence-corrected chi connectivity index (χ4v) is 3.16. The second-order valence-corrected chi connectivity index (χ2v) is 5.84. The molecule has 0 fully saturated rings. The number of hydrogen-bond acceptors (Lipinski definition) is 6. The van der Waals surface area contributed by atoms with Crippen LogP contribution in [0.2, 0.25) is 0 Å². The maximum absolute atomic E-state index is 12.9. The Kier molecular flexibility index (Phi) is 4.81. The van der Waals surface area contributed by atoms with Gasteiger partial charge in [0.25, 0.3) is 5.91 Å². The van der Waals surface area contributed by atoms with E-state index in [4.69, 9.17) is 4.74 Å². The third kappa shape index (κ3) is 3.11. The van der Waals surface area contributed by atoms with Gasteiger partial charge in [-0.3, -0.25) is 14.7 Å². The Morgan fingerprint density at radius 3 is 2.75 bits per heavy atom. The van der Waals surface area contributed by atoms with Crippen molar-refractivity contribution in [3.63, 3.8) is 0 Å². The molecular weight excluding hydrogens is 324 g/mol. The highest BCUT2D eigenvalue weighted by Gasteiger charge is 2.23. The van der Waals surface area contributed by atoms with Gasteiger partial charge < -0.3 is 4.74 Å². The number of nitrogens with zero attached hydrogens (tertiary/aromatic N) is 4. The minimum Gasteiger partial charge on any atom is -0.496 e. The molecule has 3 aromatic rings. The van der Waals surface area contributed by atoms with Gasteiger partial charge in [0.2, 0.25) is 5.13 Å². The molecule has 2 aromatic heterocycles. The number of rotatable bonds is 5. The Bertz CT molecular complexity index is 835. The number of methoxy groups -OCH3 is 1. The van der Waals surface area contributed by atoms with E-state index in [-0.39, 0.29) is 5.91 Å². The Hall–Kier alpha value is -2.80. The van der Waals surface area contributed by atoms with Gasteiger partial charge in [0.1, 0.15) is 5.75 Å². The second kappa shape index (κ2) is 7.18. The Morgan fingerprint density at radius 1 is 1.21 bits per heavy atom. The van der Waals surface area contributed by atoms with E-state index in [2.05, 4.69) is 15.2 Å². The highest BCUT2D eigenvalue weighted by Crippen LogP contribution is 2.30. The lowest BCUT2D eigenvalue weighted by Gasteiger charge is -2.18. The predicted molar refractivity (Wildman–Crippen MR) is 93.5 cm³/mol. The van der Waals surface area contributed by atoms with Crippen molar-refractivity contribution in [2.45, 2.75) is 6.92 Å². The van der Waals surface area contributed by atoms with E-state index in [9.17, 15) is 4.79 Å². The minimum absolute atomic E-state index is 0.163. The monoisotopic (exact) mass is 340 g/mol. The van der Waals surface area contributed by atoms with E-state index < -0.39 is 0 Å². The molecule has 24 heavy (non-hydrogen) atoms. The molecule has 0 aliphatic carbocycles. The summed E-state index contributed by atoms with van der Waals surface area (Å²) in [6, 6.07) is 10.9. The zero-order chi connectivity index (χ0) is 16.9. The fraction of sp³-hybridized carbons (Fsp3) is 0.176. The van der Waals surface area contributed by atoms with Crippen LogP contribution in [0.3, 0.4) is 0 Å². The number of hydrogen-bond donors (Lipinski definition) is 0. The summed E-state index contributed by atoms with van der Waals surface area (Å²) in [4.78, 5) is 18.5. The summed E-state index contributed by atoms with van der Waals surface area (Å²) in [6.45, 7) is 2.39. The van der Waals surface area contributed by atoms with E-state index in [0.29, 0.717) is 23.0 Å². The van der Waals surface area contributed by atoms with Crippen LogP contribution in [0.4, 0.5) is 5.13 Å². The lowest BCUT2D eigenvalue weighted by atomic mass is 10.2. The summed E-state index contributed by atoms with van der Waals surface area (Å²) >= 11 is 1.36. The molecule has 0 saturated heterocycles. The predicted octanol–water partition coefficient (Wildman–Crippen LogP) is 3.28. The average molecular weight is 340 g/mol. The van der Waals surface area contributed by atoms with E-state index in [1.165, 1.54) is 11.3 Å². The molecule has 2 heterocycles. The number of anilines is 1. The smallest absolute Gasteiger partial charge is 0.263 e. The van der Waals surface area contributed by atoms with Crippen LogP contribution in [0.25, 0.3) is 10.6 Å². The molecule has 1 aromatic carbocycles. The van der Waals surface area contributed by atoms with Crippen LogP contribution in [0.1, 0.15) is 17.3 Å². The van der Waals surface area contributed by atoms with Crippen molar-refractivity contribution in [2.75, 3.05) is 18.6 Å². The normalized spacial score (nSPS) is 10.4. The van der Waals surface area contributed by atoms with Gasteiger partial charge in [-0.1, -0.05) is 23.5 Å². The van der Waals surface area contributed by atoms with Crippen LogP contribution < -0.4 is 9.64 Å². The molecule has 1 amide bonds. The van der Waals surface area contributed by atoms with Gasteiger partial charge in [-0.25, -0.2) is 0 Å². The number of pyridine rings is 1. The van der Waals surface area contributed by atoms with Crippen molar-refractivity contribution in [1.82, 2.24) is 15.2 Å². The Morgan fingerprint density at radius 2 is 2.04 bits per heavy atom. The summed E-state index contributed by atoms with van der Waals surface area (Å²) < 4.78 is 5.28. The highest BCUT2D eigenvalue weighted by molar-refractivity contribution is 7.18. The number of aromatic nitrogens is 3. The molecule has 0 bridgehead atoms. The number of carbonyl (C=O) groups excluding carboxylic acids is 1.